The predicted octanol–water partition coefficient (Wildman–Crippen LogP) is 1.84. The number of hydrogen-bond donors (Lipinski definition) is 0. The fourth-order valence-electron chi connectivity index (χ4n) is 1.17. The van der Waals surface area contributed by atoms with Crippen molar-refractivity contribution in [2.45, 2.75) is 20.3 Å². The standard InChI is InChI=1S/C10H14N2O/c1-3-8-12(9(2)13)10-6-4-5-7-11-10/h4-7H,3,8H2,1-2H3. The van der Waals surface area contributed by atoms with Crippen molar-refractivity contribution < 1.29 is 4.79 Å². The lowest BCUT2D eigenvalue weighted by Gasteiger charge is -2.18. The summed E-state index contributed by atoms with van der Waals surface area (Å²) in [6, 6.07) is 5.57. The third kappa shape index (κ3) is 2.54. The number of hydrogen-bond acceptors (Lipinski definition) is 2. The van der Waals surface area contributed by atoms with Crippen molar-refractivity contribution in [1.29, 1.82) is 0 Å². The molecule has 13 heavy (non-hydrogen) atoms. The molecule has 3 nitrogen and oxygen atoms in total. The number of anilines is 1. The molecule has 1 aromatic heterocycles. The van der Waals surface area contributed by atoms with Crippen LogP contribution in [0.4, 0.5) is 5.82 Å². The van der Waals surface area contributed by atoms with E-state index in [1.54, 1.807) is 18.0 Å². The summed E-state index contributed by atoms with van der Waals surface area (Å²) in [4.78, 5) is 17.0. The van der Waals surface area contributed by atoms with Crippen LogP contribution in [0.15, 0.2) is 24.4 Å². The molecule has 0 saturated heterocycles. The molecule has 1 rings (SSSR count). The molecular formula is C10H14N2O. The zero-order valence-corrected chi connectivity index (χ0v) is 8.03. The van der Waals surface area contributed by atoms with Gasteiger partial charge in [0.1, 0.15) is 5.82 Å². The Morgan fingerprint density at radius 1 is 1.54 bits per heavy atom. The molecule has 0 fully saturated rings. The van der Waals surface area contributed by atoms with Crippen molar-refractivity contribution in [1.82, 2.24) is 4.98 Å². The Kier molecular flexibility index (Phi) is 3.43. The fraction of sp³-hybridized carbons (Fsp3) is 0.400. The number of amides is 1. The van der Waals surface area contributed by atoms with E-state index in [1.807, 2.05) is 25.1 Å². The van der Waals surface area contributed by atoms with Gasteiger partial charge in [-0.1, -0.05) is 13.0 Å². The minimum Gasteiger partial charge on any atom is -0.297 e. The first-order valence-electron chi connectivity index (χ1n) is 4.45. The molecule has 0 aliphatic carbocycles. The van der Waals surface area contributed by atoms with Crippen molar-refractivity contribution in [2.75, 3.05) is 11.4 Å². The predicted molar refractivity (Wildman–Crippen MR) is 52.6 cm³/mol. The Labute approximate surface area is 78.4 Å². The van der Waals surface area contributed by atoms with Crippen molar-refractivity contribution >= 4 is 11.7 Å². The van der Waals surface area contributed by atoms with Gasteiger partial charge in [-0.15, -0.1) is 0 Å². The van der Waals surface area contributed by atoms with Gasteiger partial charge in [0.05, 0.1) is 0 Å². The van der Waals surface area contributed by atoms with Gasteiger partial charge in [0, 0.05) is 19.7 Å². The van der Waals surface area contributed by atoms with E-state index >= 15 is 0 Å². The van der Waals surface area contributed by atoms with Crippen LogP contribution in [-0.2, 0) is 4.79 Å². The van der Waals surface area contributed by atoms with E-state index in [0.717, 1.165) is 18.8 Å². The first kappa shape index (κ1) is 9.71. The molecule has 0 saturated carbocycles. The Balaban J connectivity index is 2.82. The lowest BCUT2D eigenvalue weighted by atomic mass is 10.3. The summed E-state index contributed by atoms with van der Waals surface area (Å²) in [5, 5.41) is 0. The van der Waals surface area contributed by atoms with Crippen molar-refractivity contribution in [3.63, 3.8) is 0 Å². The van der Waals surface area contributed by atoms with Crippen LogP contribution in [0.25, 0.3) is 0 Å². The van der Waals surface area contributed by atoms with E-state index in [1.165, 1.54) is 0 Å². The lowest BCUT2D eigenvalue weighted by molar-refractivity contribution is -0.116. The second kappa shape index (κ2) is 4.60. The normalized spacial score (nSPS) is 9.69. The van der Waals surface area contributed by atoms with Gasteiger partial charge in [-0.3, -0.25) is 9.69 Å². The Morgan fingerprint density at radius 2 is 2.31 bits per heavy atom. The summed E-state index contributed by atoms with van der Waals surface area (Å²) in [6.07, 6.45) is 2.64. The molecule has 3 heteroatoms. The zero-order valence-electron chi connectivity index (χ0n) is 8.03. The number of nitrogens with zero attached hydrogens (tertiary/aromatic N) is 2. The molecule has 0 aliphatic heterocycles. The van der Waals surface area contributed by atoms with Crippen LogP contribution in [0.1, 0.15) is 20.3 Å². The zero-order chi connectivity index (χ0) is 9.68. The number of rotatable bonds is 3. The minimum atomic E-state index is 0.0422. The second-order valence-corrected chi connectivity index (χ2v) is 2.86. The number of aromatic nitrogens is 1. The topological polar surface area (TPSA) is 33.2 Å². The third-order valence-electron chi connectivity index (χ3n) is 1.75. The summed E-state index contributed by atoms with van der Waals surface area (Å²) in [6.45, 7) is 4.33. The molecule has 0 N–H and O–H groups in total. The van der Waals surface area contributed by atoms with Crippen LogP contribution in [0.5, 0.6) is 0 Å². The third-order valence-corrected chi connectivity index (χ3v) is 1.75. The van der Waals surface area contributed by atoms with Gasteiger partial charge >= 0.3 is 0 Å². The average molecular weight is 178 g/mol. The lowest BCUT2D eigenvalue weighted by Crippen LogP contribution is -2.29. The molecule has 1 aromatic rings. The fourth-order valence-corrected chi connectivity index (χ4v) is 1.17. The molecule has 1 amide bonds. The second-order valence-electron chi connectivity index (χ2n) is 2.86. The van der Waals surface area contributed by atoms with E-state index < -0.39 is 0 Å². The summed E-state index contributed by atoms with van der Waals surface area (Å²) in [5.74, 6) is 0.775. The first-order chi connectivity index (χ1) is 6.25. The molecule has 1 heterocycles. The van der Waals surface area contributed by atoms with Crippen LogP contribution >= 0.6 is 0 Å². The summed E-state index contributed by atoms with van der Waals surface area (Å²) in [7, 11) is 0. The van der Waals surface area contributed by atoms with E-state index in [2.05, 4.69) is 4.98 Å². The largest absolute Gasteiger partial charge is 0.297 e. The number of carbonyl (C=O) groups is 1. The van der Waals surface area contributed by atoms with Crippen LogP contribution in [0.3, 0.4) is 0 Å². The first-order valence-corrected chi connectivity index (χ1v) is 4.45. The number of carbonyl (C=O) groups excluding carboxylic acids is 1. The van der Waals surface area contributed by atoms with E-state index in [-0.39, 0.29) is 5.91 Å². The van der Waals surface area contributed by atoms with Gasteiger partial charge in [0.15, 0.2) is 0 Å². The maximum atomic E-state index is 11.2. The Hall–Kier alpha value is -1.38. The maximum absolute atomic E-state index is 11.2. The molecule has 0 radical (unpaired) electrons. The van der Waals surface area contributed by atoms with Gasteiger partial charge in [-0.2, -0.15) is 0 Å². The summed E-state index contributed by atoms with van der Waals surface area (Å²) >= 11 is 0. The molecule has 70 valence electrons. The SMILES string of the molecule is CCCN(C(C)=O)c1ccccn1. The van der Waals surface area contributed by atoms with Gasteiger partial charge in [0.25, 0.3) is 0 Å². The molecule has 0 bridgehead atoms. The molecule has 0 aromatic carbocycles. The summed E-state index contributed by atoms with van der Waals surface area (Å²) in [5.41, 5.74) is 0. The Morgan fingerprint density at radius 3 is 2.77 bits per heavy atom. The van der Waals surface area contributed by atoms with Gasteiger partial charge < -0.3 is 0 Å². The smallest absolute Gasteiger partial charge is 0.225 e. The van der Waals surface area contributed by atoms with E-state index in [0.29, 0.717) is 0 Å². The molecule has 0 unspecified atom stereocenters. The molecule has 0 spiro atoms. The highest BCUT2D eigenvalue weighted by atomic mass is 16.2. The van der Waals surface area contributed by atoms with E-state index in [4.69, 9.17) is 0 Å². The van der Waals surface area contributed by atoms with Crippen molar-refractivity contribution in [3.8, 4) is 0 Å². The quantitative estimate of drug-likeness (QED) is 0.707. The van der Waals surface area contributed by atoms with Crippen LogP contribution in [0, 0.1) is 0 Å². The van der Waals surface area contributed by atoms with Gasteiger partial charge in [-0.25, -0.2) is 4.98 Å². The highest BCUT2D eigenvalue weighted by Crippen LogP contribution is 2.09. The minimum absolute atomic E-state index is 0.0422. The highest BCUT2D eigenvalue weighted by molar-refractivity contribution is 5.90. The van der Waals surface area contributed by atoms with Crippen molar-refractivity contribution in [3.05, 3.63) is 24.4 Å². The maximum Gasteiger partial charge on any atom is 0.225 e. The van der Waals surface area contributed by atoms with Crippen LogP contribution in [-0.4, -0.2) is 17.4 Å². The monoisotopic (exact) mass is 178 g/mol. The van der Waals surface area contributed by atoms with E-state index in [9.17, 15) is 4.79 Å². The average Bonchev–Trinajstić information content (AvgIpc) is 2.15. The summed E-state index contributed by atoms with van der Waals surface area (Å²) < 4.78 is 0. The van der Waals surface area contributed by atoms with Crippen molar-refractivity contribution in [2.24, 2.45) is 0 Å². The highest BCUT2D eigenvalue weighted by Gasteiger charge is 2.09. The van der Waals surface area contributed by atoms with Crippen LogP contribution in [0.2, 0.25) is 0 Å². The Bertz CT molecular complexity index is 272. The molecular weight excluding hydrogens is 164 g/mol. The molecule has 0 aliphatic rings. The van der Waals surface area contributed by atoms with Gasteiger partial charge in [-0.05, 0) is 18.6 Å². The van der Waals surface area contributed by atoms with Gasteiger partial charge in [0.2, 0.25) is 5.91 Å². The van der Waals surface area contributed by atoms with Crippen LogP contribution < -0.4 is 4.90 Å². The number of pyridine rings is 1. The molecule has 0 atom stereocenters.